The van der Waals surface area contributed by atoms with E-state index in [-0.39, 0.29) is 0 Å². The predicted molar refractivity (Wildman–Crippen MR) is 131 cm³/mol. The number of nitrogens with zero attached hydrogens (tertiary/aromatic N) is 2. The average molecular weight is 477 g/mol. The number of aromatic amines is 1. The number of nitrogens with one attached hydrogen (secondary N) is 2. The zero-order chi connectivity index (χ0) is 23.9. The summed E-state index contributed by atoms with van der Waals surface area (Å²) in [6.45, 7) is 4.32. The third kappa shape index (κ3) is 5.49. The number of amides is 1. The van der Waals surface area contributed by atoms with E-state index in [0.717, 1.165) is 22.6 Å². The maximum atomic E-state index is 12.7. The monoisotopic (exact) mass is 476 g/mol. The highest BCUT2D eigenvalue weighted by Gasteiger charge is 2.23. The van der Waals surface area contributed by atoms with Crippen molar-refractivity contribution in [1.29, 1.82) is 0 Å². The molecule has 0 radical (unpaired) electrons. The number of ether oxygens (including phenoxy) is 2. The predicted octanol–water partition coefficient (Wildman–Crippen LogP) is 5.17. The van der Waals surface area contributed by atoms with Crippen LogP contribution in [0.1, 0.15) is 30.6 Å². The van der Waals surface area contributed by atoms with Crippen LogP contribution in [0.5, 0.6) is 5.75 Å². The van der Waals surface area contributed by atoms with Crippen molar-refractivity contribution < 1.29 is 19.1 Å². The van der Waals surface area contributed by atoms with Gasteiger partial charge in [0.15, 0.2) is 11.2 Å². The molecule has 2 heterocycles. The molecule has 8 nitrogen and oxygen atoms in total. The van der Waals surface area contributed by atoms with E-state index in [9.17, 15) is 9.59 Å². The Hall–Kier alpha value is -3.98. The standard InChI is InChI=1S/C25H24N4O4S/c1-3-21(33-24(31)18-7-5-17(6-8-18)22-26-13-14-27-22)23(30)29-25-28-20(15-34-25)16-9-11-19(12-10-16)32-4-2/h5-15,21H,3-4H2,1-2H3,(H,26,27)(H,28,29,30). The van der Waals surface area contributed by atoms with E-state index >= 15 is 0 Å². The van der Waals surface area contributed by atoms with Gasteiger partial charge in [0.25, 0.3) is 5.91 Å². The van der Waals surface area contributed by atoms with Crippen molar-refractivity contribution in [2.75, 3.05) is 11.9 Å². The SMILES string of the molecule is CCOc1ccc(-c2csc(NC(=O)C(CC)OC(=O)c3ccc(-c4ncc[nH]4)cc3)n2)cc1. The summed E-state index contributed by atoms with van der Waals surface area (Å²) in [5.74, 6) is 0.509. The number of H-pyrrole nitrogens is 1. The molecule has 0 aliphatic rings. The highest BCUT2D eigenvalue weighted by molar-refractivity contribution is 7.14. The van der Waals surface area contributed by atoms with E-state index in [0.29, 0.717) is 29.5 Å². The number of carbonyl (C=O) groups is 2. The lowest BCUT2D eigenvalue weighted by Crippen LogP contribution is -2.32. The molecule has 0 bridgehead atoms. The van der Waals surface area contributed by atoms with E-state index in [4.69, 9.17) is 9.47 Å². The van der Waals surface area contributed by atoms with E-state index in [1.807, 2.05) is 36.6 Å². The average Bonchev–Trinajstić information content (AvgIpc) is 3.56. The minimum absolute atomic E-state index is 0.333. The number of hydrogen-bond donors (Lipinski definition) is 2. The molecule has 1 amide bonds. The van der Waals surface area contributed by atoms with E-state index < -0.39 is 18.0 Å². The fourth-order valence-corrected chi connectivity index (χ4v) is 3.97. The first-order chi connectivity index (χ1) is 16.6. The molecule has 2 aromatic carbocycles. The van der Waals surface area contributed by atoms with Gasteiger partial charge >= 0.3 is 5.97 Å². The normalized spacial score (nSPS) is 11.6. The Morgan fingerprint density at radius 1 is 1.06 bits per heavy atom. The van der Waals surface area contributed by atoms with Gasteiger partial charge in [-0.1, -0.05) is 19.1 Å². The number of imidazole rings is 1. The van der Waals surface area contributed by atoms with Crippen molar-refractivity contribution in [2.45, 2.75) is 26.4 Å². The molecule has 9 heteroatoms. The second-order valence-corrected chi connectivity index (χ2v) is 8.16. The molecule has 0 aliphatic carbocycles. The summed E-state index contributed by atoms with van der Waals surface area (Å²) in [5, 5.41) is 5.05. The molecule has 1 unspecified atom stereocenters. The Morgan fingerprint density at radius 3 is 2.44 bits per heavy atom. The lowest BCUT2D eigenvalue weighted by molar-refractivity contribution is -0.124. The second-order valence-electron chi connectivity index (χ2n) is 7.30. The van der Waals surface area contributed by atoms with Crippen LogP contribution in [0.25, 0.3) is 22.6 Å². The molecule has 0 saturated heterocycles. The molecule has 2 N–H and O–H groups in total. The quantitative estimate of drug-likeness (QED) is 0.323. The van der Waals surface area contributed by atoms with Crippen molar-refractivity contribution >= 4 is 28.3 Å². The zero-order valence-electron chi connectivity index (χ0n) is 18.8. The Labute approximate surface area is 201 Å². The molecule has 4 aromatic rings. The largest absolute Gasteiger partial charge is 0.494 e. The zero-order valence-corrected chi connectivity index (χ0v) is 19.6. The maximum Gasteiger partial charge on any atom is 0.338 e. The van der Waals surface area contributed by atoms with Crippen LogP contribution in [-0.2, 0) is 9.53 Å². The summed E-state index contributed by atoms with van der Waals surface area (Å²) in [5.41, 5.74) is 2.86. The van der Waals surface area contributed by atoms with E-state index in [1.165, 1.54) is 11.3 Å². The summed E-state index contributed by atoms with van der Waals surface area (Å²) in [6.07, 6.45) is 2.78. The van der Waals surface area contributed by atoms with Crippen LogP contribution in [0.15, 0.2) is 66.3 Å². The summed E-state index contributed by atoms with van der Waals surface area (Å²) in [6, 6.07) is 14.4. The third-order valence-corrected chi connectivity index (χ3v) is 5.76. The molecule has 1 atom stereocenters. The number of thiazole rings is 1. The first-order valence-corrected chi connectivity index (χ1v) is 11.8. The Kier molecular flexibility index (Phi) is 7.34. The molecule has 0 spiro atoms. The summed E-state index contributed by atoms with van der Waals surface area (Å²) in [4.78, 5) is 37.0. The van der Waals surface area contributed by atoms with E-state index in [1.54, 1.807) is 43.6 Å². The van der Waals surface area contributed by atoms with Crippen LogP contribution in [0.3, 0.4) is 0 Å². The first-order valence-electron chi connectivity index (χ1n) is 10.9. The minimum atomic E-state index is -0.935. The first kappa shape index (κ1) is 23.2. The fourth-order valence-electron chi connectivity index (χ4n) is 3.25. The van der Waals surface area contributed by atoms with Gasteiger partial charge in [-0.15, -0.1) is 11.3 Å². The van der Waals surface area contributed by atoms with Gasteiger partial charge in [-0.05, 0) is 49.7 Å². The van der Waals surface area contributed by atoms with Gasteiger partial charge in [-0.3, -0.25) is 10.1 Å². The number of esters is 1. The molecule has 2 aromatic heterocycles. The Balaban J connectivity index is 1.37. The van der Waals surface area contributed by atoms with Gasteiger partial charge in [0.1, 0.15) is 11.6 Å². The third-order valence-electron chi connectivity index (χ3n) is 5.00. The van der Waals surface area contributed by atoms with Crippen molar-refractivity contribution in [3.63, 3.8) is 0 Å². The number of anilines is 1. The highest BCUT2D eigenvalue weighted by atomic mass is 32.1. The van der Waals surface area contributed by atoms with Gasteiger partial charge < -0.3 is 14.5 Å². The smallest absolute Gasteiger partial charge is 0.338 e. The summed E-state index contributed by atoms with van der Waals surface area (Å²) < 4.78 is 10.9. The summed E-state index contributed by atoms with van der Waals surface area (Å²) in [7, 11) is 0. The van der Waals surface area contributed by atoms with Gasteiger partial charge in [-0.2, -0.15) is 0 Å². The molecular weight excluding hydrogens is 452 g/mol. The van der Waals surface area contributed by atoms with Gasteiger partial charge in [0, 0.05) is 28.9 Å². The van der Waals surface area contributed by atoms with Crippen LogP contribution >= 0.6 is 11.3 Å². The number of aromatic nitrogens is 3. The van der Waals surface area contributed by atoms with Crippen LogP contribution < -0.4 is 10.1 Å². The van der Waals surface area contributed by atoms with Gasteiger partial charge in [-0.25, -0.2) is 14.8 Å². The number of carbonyl (C=O) groups excluding carboxylic acids is 2. The van der Waals surface area contributed by atoms with E-state index in [2.05, 4.69) is 20.3 Å². The second kappa shape index (κ2) is 10.8. The minimum Gasteiger partial charge on any atom is -0.494 e. The lowest BCUT2D eigenvalue weighted by Gasteiger charge is -2.15. The van der Waals surface area contributed by atoms with Crippen LogP contribution in [0, 0.1) is 0 Å². The highest BCUT2D eigenvalue weighted by Crippen LogP contribution is 2.27. The van der Waals surface area contributed by atoms with Crippen molar-refractivity contribution in [3.8, 4) is 28.4 Å². The van der Waals surface area contributed by atoms with Gasteiger partial charge in [0.05, 0.1) is 17.9 Å². The summed E-state index contributed by atoms with van der Waals surface area (Å²) >= 11 is 1.31. The maximum absolute atomic E-state index is 12.7. The van der Waals surface area contributed by atoms with Crippen LogP contribution in [0.2, 0.25) is 0 Å². The fraction of sp³-hybridized carbons (Fsp3) is 0.200. The molecular formula is C25H24N4O4S. The van der Waals surface area contributed by atoms with Crippen molar-refractivity contribution in [3.05, 3.63) is 71.9 Å². The number of rotatable bonds is 9. The molecule has 34 heavy (non-hydrogen) atoms. The van der Waals surface area contributed by atoms with Crippen molar-refractivity contribution in [1.82, 2.24) is 15.0 Å². The molecule has 0 aliphatic heterocycles. The Bertz CT molecular complexity index is 1230. The molecule has 174 valence electrons. The lowest BCUT2D eigenvalue weighted by atomic mass is 10.1. The van der Waals surface area contributed by atoms with Crippen LogP contribution in [0.4, 0.5) is 5.13 Å². The topological polar surface area (TPSA) is 106 Å². The molecule has 0 fully saturated rings. The van der Waals surface area contributed by atoms with Crippen molar-refractivity contribution in [2.24, 2.45) is 0 Å². The molecule has 0 saturated carbocycles. The van der Waals surface area contributed by atoms with Gasteiger partial charge in [0.2, 0.25) is 0 Å². The number of hydrogen-bond acceptors (Lipinski definition) is 7. The molecule has 4 rings (SSSR count). The Morgan fingerprint density at radius 2 is 1.79 bits per heavy atom. The van der Waals surface area contributed by atoms with Crippen LogP contribution in [-0.4, -0.2) is 39.5 Å². The number of benzene rings is 2.